The Hall–Kier alpha value is 0.387. The summed E-state index contributed by atoms with van der Waals surface area (Å²) in [6, 6.07) is 1.18. The van der Waals surface area contributed by atoms with E-state index in [1.54, 1.807) is 0 Å². The smallest absolute Gasteiger partial charge is 0.179 e. The first-order chi connectivity index (χ1) is 12.1. The van der Waals surface area contributed by atoms with Gasteiger partial charge in [0.1, 0.15) is 0 Å². The molecule has 0 aliphatic rings. The monoisotopic (exact) mass is 394 g/mol. The first-order valence-electron chi connectivity index (χ1n) is 10.5. The van der Waals surface area contributed by atoms with Crippen LogP contribution >= 0.6 is 11.1 Å². The minimum Gasteiger partial charge on any atom is -0.383 e. The summed E-state index contributed by atoms with van der Waals surface area (Å²) in [5.74, 6) is 0. The fourth-order valence-electron chi connectivity index (χ4n) is 2.79. The van der Waals surface area contributed by atoms with E-state index in [2.05, 4.69) is 13.5 Å². The quantitative estimate of drug-likeness (QED) is 0.137. The van der Waals surface area contributed by atoms with Gasteiger partial charge in [-0.3, -0.25) is 0 Å². The Morgan fingerprint density at radius 1 is 0.640 bits per heavy atom. The Bertz CT molecular complexity index is 241. The summed E-state index contributed by atoms with van der Waals surface area (Å²) >= 11 is 6.70. The predicted molar refractivity (Wildman–Crippen MR) is 112 cm³/mol. The minimum absolute atomic E-state index is 0.675. The van der Waals surface area contributed by atoms with Gasteiger partial charge in [0.2, 0.25) is 0 Å². The highest BCUT2D eigenvalue weighted by Gasteiger charge is 2.24. The maximum Gasteiger partial charge on any atom is 0.179 e. The lowest BCUT2D eigenvalue weighted by Crippen LogP contribution is -2.30. The van der Waals surface area contributed by atoms with Crippen molar-refractivity contribution in [2.24, 2.45) is 0 Å². The van der Waals surface area contributed by atoms with Crippen LogP contribution < -0.4 is 0 Å². The van der Waals surface area contributed by atoms with Crippen molar-refractivity contribution in [1.29, 1.82) is 0 Å². The van der Waals surface area contributed by atoms with Crippen molar-refractivity contribution < 1.29 is 14.2 Å². The zero-order valence-electron chi connectivity index (χ0n) is 17.1. The van der Waals surface area contributed by atoms with E-state index in [1.807, 2.05) is 6.92 Å². The second-order valence-electron chi connectivity index (χ2n) is 7.21. The van der Waals surface area contributed by atoms with Crippen molar-refractivity contribution in [2.75, 3.05) is 39.3 Å². The molecule has 5 heteroatoms. The van der Waals surface area contributed by atoms with Crippen molar-refractivity contribution in [3.63, 3.8) is 0 Å². The van der Waals surface area contributed by atoms with E-state index in [9.17, 15) is 0 Å². The Morgan fingerprint density at radius 3 is 1.84 bits per heavy atom. The lowest BCUT2D eigenvalue weighted by molar-refractivity contribution is 0.0427. The van der Waals surface area contributed by atoms with Crippen LogP contribution in [0.5, 0.6) is 0 Å². The van der Waals surface area contributed by atoms with Crippen LogP contribution in [0.1, 0.15) is 78.1 Å². The van der Waals surface area contributed by atoms with Gasteiger partial charge in [-0.1, -0.05) is 71.3 Å². The fraction of sp³-hybridized carbons (Fsp3) is 1.00. The topological polar surface area (TPSA) is 27.7 Å². The molecule has 0 aromatic heterocycles. The van der Waals surface area contributed by atoms with E-state index in [1.165, 1.54) is 63.8 Å². The van der Waals surface area contributed by atoms with Gasteiger partial charge in [0.15, 0.2) is 7.38 Å². The molecule has 25 heavy (non-hydrogen) atoms. The molecule has 1 unspecified atom stereocenters. The van der Waals surface area contributed by atoms with Crippen LogP contribution in [-0.2, 0) is 14.2 Å². The summed E-state index contributed by atoms with van der Waals surface area (Å²) < 4.78 is 16.5. The summed E-state index contributed by atoms with van der Waals surface area (Å²) in [7, 11) is -1.69. The van der Waals surface area contributed by atoms with Crippen molar-refractivity contribution >= 4 is 18.5 Å². The standard InChI is InChI=1S/C20H43ClO3Si/c1-4-6-7-8-9-10-11-12-13-19-25(3,21)20-24-16-14-15-23-18-17-22-5-2/h4-20H2,1-3H3. The molecule has 0 heterocycles. The van der Waals surface area contributed by atoms with Gasteiger partial charge in [-0.15, -0.1) is 0 Å². The van der Waals surface area contributed by atoms with E-state index in [0.717, 1.165) is 32.5 Å². The average Bonchev–Trinajstić information content (AvgIpc) is 2.59. The van der Waals surface area contributed by atoms with Gasteiger partial charge in [0.25, 0.3) is 0 Å². The highest BCUT2D eigenvalue weighted by atomic mass is 35.6. The summed E-state index contributed by atoms with van der Waals surface area (Å²) in [5, 5.41) is 0. The van der Waals surface area contributed by atoms with Crippen LogP contribution in [0, 0.1) is 0 Å². The highest BCUT2D eigenvalue weighted by molar-refractivity contribution is 7.19. The second kappa shape index (κ2) is 19.2. The van der Waals surface area contributed by atoms with Gasteiger partial charge < -0.3 is 14.2 Å². The zero-order valence-corrected chi connectivity index (χ0v) is 18.9. The number of ether oxygens (including phenoxy) is 3. The van der Waals surface area contributed by atoms with E-state index in [-0.39, 0.29) is 0 Å². The van der Waals surface area contributed by atoms with Gasteiger partial charge in [-0.2, -0.15) is 11.1 Å². The number of rotatable bonds is 20. The van der Waals surface area contributed by atoms with E-state index in [4.69, 9.17) is 25.3 Å². The number of hydrogen-bond acceptors (Lipinski definition) is 3. The summed E-state index contributed by atoms with van der Waals surface area (Å²) in [5.41, 5.74) is 0. The Balaban J connectivity index is 3.32. The summed E-state index contributed by atoms with van der Waals surface area (Å²) in [6.07, 6.45) is 14.0. The number of halogens is 1. The molecule has 1 atom stereocenters. The van der Waals surface area contributed by atoms with Gasteiger partial charge in [-0.25, -0.2) is 0 Å². The molecule has 3 nitrogen and oxygen atoms in total. The number of hydrogen-bond donors (Lipinski definition) is 0. The van der Waals surface area contributed by atoms with E-state index in [0.29, 0.717) is 13.2 Å². The molecule has 0 aromatic rings. The molecule has 0 saturated carbocycles. The molecular weight excluding hydrogens is 352 g/mol. The zero-order chi connectivity index (χ0) is 18.6. The van der Waals surface area contributed by atoms with Crippen LogP contribution in [0.2, 0.25) is 12.6 Å². The highest BCUT2D eigenvalue weighted by Crippen LogP contribution is 2.20. The second-order valence-corrected chi connectivity index (χ2v) is 13.6. The van der Waals surface area contributed by atoms with Crippen LogP contribution in [0.4, 0.5) is 0 Å². The lowest BCUT2D eigenvalue weighted by Gasteiger charge is -2.19. The molecule has 0 radical (unpaired) electrons. The summed E-state index contributed by atoms with van der Waals surface area (Å²) in [6.45, 7) is 10.1. The predicted octanol–water partition coefficient (Wildman–Crippen LogP) is 6.33. The van der Waals surface area contributed by atoms with Crippen LogP contribution in [0.3, 0.4) is 0 Å². The Morgan fingerprint density at radius 2 is 1.20 bits per heavy atom. The molecule has 0 spiro atoms. The molecule has 152 valence electrons. The van der Waals surface area contributed by atoms with Crippen LogP contribution in [0.15, 0.2) is 0 Å². The maximum absolute atomic E-state index is 6.70. The van der Waals surface area contributed by atoms with Crippen molar-refractivity contribution in [3.8, 4) is 0 Å². The normalized spacial score (nSPS) is 13.9. The third-order valence-electron chi connectivity index (χ3n) is 4.36. The van der Waals surface area contributed by atoms with Gasteiger partial charge in [0.05, 0.1) is 19.4 Å². The fourth-order valence-corrected chi connectivity index (χ4v) is 5.12. The summed E-state index contributed by atoms with van der Waals surface area (Å²) in [4.78, 5) is 0. The molecule has 0 aliphatic heterocycles. The molecule has 0 aliphatic carbocycles. The lowest BCUT2D eigenvalue weighted by atomic mass is 10.1. The van der Waals surface area contributed by atoms with Crippen molar-refractivity contribution in [2.45, 2.75) is 90.6 Å². The molecule has 0 amide bonds. The molecule has 0 rings (SSSR count). The molecule has 0 bridgehead atoms. The first kappa shape index (κ1) is 25.4. The van der Waals surface area contributed by atoms with Gasteiger partial charge >= 0.3 is 0 Å². The van der Waals surface area contributed by atoms with E-state index >= 15 is 0 Å². The van der Waals surface area contributed by atoms with Crippen molar-refractivity contribution in [3.05, 3.63) is 0 Å². The molecule has 0 fully saturated rings. The van der Waals surface area contributed by atoms with Crippen molar-refractivity contribution in [1.82, 2.24) is 0 Å². The van der Waals surface area contributed by atoms with E-state index < -0.39 is 7.38 Å². The molecule has 0 N–H and O–H groups in total. The van der Waals surface area contributed by atoms with Gasteiger partial charge in [-0.05, 0) is 19.4 Å². The Kier molecular flexibility index (Phi) is 19.5. The van der Waals surface area contributed by atoms with Crippen LogP contribution in [-0.4, -0.2) is 46.6 Å². The molecular formula is C20H43ClO3Si. The largest absolute Gasteiger partial charge is 0.383 e. The SMILES string of the molecule is CCCCCCCCCCC[Si](C)(Cl)COCCCOCCOCC. The third-order valence-corrected chi connectivity index (χ3v) is 7.45. The molecule has 0 aromatic carbocycles. The Labute approximate surface area is 162 Å². The van der Waals surface area contributed by atoms with Crippen LogP contribution in [0.25, 0.3) is 0 Å². The maximum atomic E-state index is 6.70. The van der Waals surface area contributed by atoms with Gasteiger partial charge in [0, 0.05) is 19.8 Å². The number of unbranched alkanes of at least 4 members (excludes halogenated alkanes) is 8. The molecule has 0 saturated heterocycles. The average molecular weight is 395 g/mol. The minimum atomic E-state index is -1.69. The first-order valence-corrected chi connectivity index (χ1v) is 14.5. The third kappa shape index (κ3) is 20.6.